The molecule has 12 heavy (non-hydrogen) atoms. The topological polar surface area (TPSA) is 29.5 Å². The molecule has 2 nitrogen and oxygen atoms in total. The Morgan fingerprint density at radius 1 is 1.92 bits per heavy atom. The zero-order valence-electron chi connectivity index (χ0n) is 7.71. The van der Waals surface area contributed by atoms with E-state index in [0.29, 0.717) is 13.0 Å². The van der Waals surface area contributed by atoms with Gasteiger partial charge in [0.05, 0.1) is 18.8 Å². The van der Waals surface area contributed by atoms with Crippen LogP contribution in [0.5, 0.6) is 0 Å². The zero-order chi connectivity index (χ0) is 9.14. The lowest BCUT2D eigenvalue weighted by Crippen LogP contribution is -2.19. The minimum Gasteiger partial charge on any atom is -0.389 e. The van der Waals surface area contributed by atoms with E-state index in [1.807, 2.05) is 13.8 Å². The van der Waals surface area contributed by atoms with Crippen molar-refractivity contribution in [3.63, 3.8) is 0 Å². The summed E-state index contributed by atoms with van der Waals surface area (Å²) in [5.41, 5.74) is 2.02. The summed E-state index contributed by atoms with van der Waals surface area (Å²) >= 11 is 0. The summed E-state index contributed by atoms with van der Waals surface area (Å²) in [5, 5.41) is 9.50. The first kappa shape index (κ1) is 9.49. The number of aliphatic hydroxyl groups is 1. The smallest absolute Gasteiger partial charge is 0.0815 e. The number of ether oxygens (including phenoxy) is 1. The predicted octanol–water partition coefficient (Wildman–Crippen LogP) is 1.66. The third-order valence-electron chi connectivity index (χ3n) is 2.22. The number of aliphatic hydroxyl groups excluding tert-OH is 1. The van der Waals surface area contributed by atoms with Gasteiger partial charge in [0.1, 0.15) is 0 Å². The monoisotopic (exact) mass is 168 g/mol. The van der Waals surface area contributed by atoms with E-state index in [1.54, 1.807) is 0 Å². The van der Waals surface area contributed by atoms with Crippen molar-refractivity contribution in [3.8, 4) is 0 Å². The highest BCUT2D eigenvalue weighted by atomic mass is 16.5. The van der Waals surface area contributed by atoms with Gasteiger partial charge in [-0.25, -0.2) is 0 Å². The van der Waals surface area contributed by atoms with E-state index < -0.39 is 6.10 Å². The number of rotatable bonds is 3. The van der Waals surface area contributed by atoms with E-state index in [1.165, 1.54) is 5.57 Å². The SMILES string of the molecule is C=C(C)[C@@H](O)C[C@H]1OCC=C1C. The standard InChI is InChI=1S/C10H16O2/c1-7(2)9(11)6-10-8(3)4-5-12-10/h4,9-11H,1,5-6H2,2-3H3/t9-,10+/m0/s1. The average Bonchev–Trinajstić information content (AvgIpc) is 2.36. The Morgan fingerprint density at radius 3 is 3.00 bits per heavy atom. The van der Waals surface area contributed by atoms with Crippen LogP contribution >= 0.6 is 0 Å². The van der Waals surface area contributed by atoms with E-state index >= 15 is 0 Å². The summed E-state index contributed by atoms with van der Waals surface area (Å²) in [6, 6.07) is 0. The van der Waals surface area contributed by atoms with E-state index in [0.717, 1.165) is 5.57 Å². The normalized spacial score (nSPS) is 25.2. The Morgan fingerprint density at radius 2 is 2.58 bits per heavy atom. The van der Waals surface area contributed by atoms with Gasteiger partial charge in [0.15, 0.2) is 0 Å². The molecule has 0 saturated heterocycles. The fraction of sp³-hybridized carbons (Fsp3) is 0.600. The van der Waals surface area contributed by atoms with Crippen molar-refractivity contribution in [3.05, 3.63) is 23.8 Å². The first-order valence-electron chi connectivity index (χ1n) is 4.23. The molecule has 1 N–H and O–H groups in total. The fourth-order valence-corrected chi connectivity index (χ4v) is 1.22. The molecule has 1 rings (SSSR count). The average molecular weight is 168 g/mol. The van der Waals surface area contributed by atoms with Crippen LogP contribution in [0.4, 0.5) is 0 Å². The molecule has 1 aliphatic rings. The highest BCUT2D eigenvalue weighted by Gasteiger charge is 2.20. The van der Waals surface area contributed by atoms with Crippen molar-refractivity contribution in [2.24, 2.45) is 0 Å². The van der Waals surface area contributed by atoms with E-state index in [4.69, 9.17) is 4.74 Å². The fourth-order valence-electron chi connectivity index (χ4n) is 1.22. The first-order chi connectivity index (χ1) is 5.61. The molecule has 0 aromatic carbocycles. The van der Waals surface area contributed by atoms with Gasteiger partial charge < -0.3 is 9.84 Å². The lowest BCUT2D eigenvalue weighted by atomic mass is 10.0. The van der Waals surface area contributed by atoms with Gasteiger partial charge in [-0.15, -0.1) is 0 Å². The molecule has 2 heteroatoms. The van der Waals surface area contributed by atoms with Crippen molar-refractivity contribution in [2.45, 2.75) is 32.5 Å². The minimum atomic E-state index is -0.434. The molecule has 0 amide bonds. The highest BCUT2D eigenvalue weighted by molar-refractivity contribution is 5.12. The van der Waals surface area contributed by atoms with Crippen molar-refractivity contribution < 1.29 is 9.84 Å². The summed E-state index contributed by atoms with van der Waals surface area (Å²) in [5.74, 6) is 0. The molecule has 0 aliphatic carbocycles. The number of hydrogen-bond acceptors (Lipinski definition) is 2. The summed E-state index contributed by atoms with van der Waals surface area (Å²) < 4.78 is 5.39. The molecule has 0 saturated carbocycles. The van der Waals surface area contributed by atoms with Crippen LogP contribution in [0.3, 0.4) is 0 Å². The predicted molar refractivity (Wildman–Crippen MR) is 48.9 cm³/mol. The van der Waals surface area contributed by atoms with Crippen LogP contribution in [0.2, 0.25) is 0 Å². The summed E-state index contributed by atoms with van der Waals surface area (Å²) in [6.07, 6.45) is 2.35. The van der Waals surface area contributed by atoms with Crippen LogP contribution < -0.4 is 0 Å². The second kappa shape index (κ2) is 3.87. The summed E-state index contributed by atoms with van der Waals surface area (Å²) in [7, 11) is 0. The molecule has 0 aromatic rings. The van der Waals surface area contributed by atoms with Gasteiger partial charge in [0, 0.05) is 6.42 Å². The molecule has 0 bridgehead atoms. The van der Waals surface area contributed by atoms with Crippen molar-refractivity contribution in [1.29, 1.82) is 0 Å². The van der Waals surface area contributed by atoms with E-state index in [-0.39, 0.29) is 6.10 Å². The maximum atomic E-state index is 9.50. The van der Waals surface area contributed by atoms with Crippen molar-refractivity contribution in [1.82, 2.24) is 0 Å². The van der Waals surface area contributed by atoms with Gasteiger partial charge >= 0.3 is 0 Å². The van der Waals surface area contributed by atoms with E-state index in [9.17, 15) is 5.11 Å². The zero-order valence-corrected chi connectivity index (χ0v) is 7.71. The molecule has 0 fully saturated rings. The van der Waals surface area contributed by atoms with Crippen LogP contribution in [-0.4, -0.2) is 23.9 Å². The van der Waals surface area contributed by atoms with Gasteiger partial charge in [0.2, 0.25) is 0 Å². The van der Waals surface area contributed by atoms with Gasteiger partial charge in [-0.05, 0) is 19.4 Å². The van der Waals surface area contributed by atoms with Gasteiger partial charge in [-0.2, -0.15) is 0 Å². The first-order valence-corrected chi connectivity index (χ1v) is 4.23. The number of hydrogen-bond donors (Lipinski definition) is 1. The quantitative estimate of drug-likeness (QED) is 0.649. The Kier molecular flexibility index (Phi) is 3.06. The van der Waals surface area contributed by atoms with Crippen LogP contribution in [0.15, 0.2) is 23.8 Å². The maximum Gasteiger partial charge on any atom is 0.0815 e. The van der Waals surface area contributed by atoms with Gasteiger partial charge in [-0.3, -0.25) is 0 Å². The molecular weight excluding hydrogens is 152 g/mol. The van der Waals surface area contributed by atoms with Crippen LogP contribution in [0.1, 0.15) is 20.3 Å². The van der Waals surface area contributed by atoms with Gasteiger partial charge in [0.25, 0.3) is 0 Å². The van der Waals surface area contributed by atoms with Crippen molar-refractivity contribution in [2.75, 3.05) is 6.61 Å². The van der Waals surface area contributed by atoms with Gasteiger partial charge in [-0.1, -0.05) is 18.2 Å². The van der Waals surface area contributed by atoms with Crippen molar-refractivity contribution >= 4 is 0 Å². The second-order valence-corrected chi connectivity index (χ2v) is 3.37. The molecule has 0 radical (unpaired) electrons. The van der Waals surface area contributed by atoms with E-state index in [2.05, 4.69) is 12.7 Å². The molecule has 0 aromatic heterocycles. The van der Waals surface area contributed by atoms with Crippen LogP contribution in [0, 0.1) is 0 Å². The third-order valence-corrected chi connectivity index (χ3v) is 2.22. The van der Waals surface area contributed by atoms with Crippen LogP contribution in [0.25, 0.3) is 0 Å². The Bertz CT molecular complexity index is 206. The molecule has 0 unspecified atom stereocenters. The summed E-state index contributed by atoms with van der Waals surface area (Å²) in [6.45, 7) is 8.24. The lowest BCUT2D eigenvalue weighted by Gasteiger charge is -2.16. The largest absolute Gasteiger partial charge is 0.389 e. The summed E-state index contributed by atoms with van der Waals surface area (Å²) in [4.78, 5) is 0. The molecular formula is C10H16O2. The maximum absolute atomic E-state index is 9.50. The lowest BCUT2D eigenvalue weighted by molar-refractivity contribution is 0.0750. The Balaban J connectivity index is 2.41. The minimum absolute atomic E-state index is 0.0942. The second-order valence-electron chi connectivity index (χ2n) is 3.37. The molecule has 1 heterocycles. The molecule has 68 valence electrons. The van der Waals surface area contributed by atoms with Crippen LogP contribution in [-0.2, 0) is 4.74 Å². The Labute approximate surface area is 73.5 Å². The molecule has 0 spiro atoms. The third kappa shape index (κ3) is 2.19. The molecule has 2 atom stereocenters. The Hall–Kier alpha value is -0.600. The highest BCUT2D eigenvalue weighted by Crippen LogP contribution is 2.20. The molecule has 1 aliphatic heterocycles.